The normalized spacial score (nSPS) is 16.2. The molecule has 0 bridgehead atoms. The van der Waals surface area contributed by atoms with Crippen LogP contribution < -0.4 is 4.90 Å². The third kappa shape index (κ3) is 3.12. The predicted molar refractivity (Wildman–Crippen MR) is 98.6 cm³/mol. The number of benzene rings is 2. The molecule has 2 heterocycles. The Balaban J connectivity index is 1.81. The number of halogens is 1. The Morgan fingerprint density at radius 2 is 1.63 bits per heavy atom. The first-order valence-electron chi connectivity index (χ1n) is 8.31. The van der Waals surface area contributed by atoms with Crippen molar-refractivity contribution in [2.75, 3.05) is 4.90 Å². The van der Waals surface area contributed by atoms with E-state index in [4.69, 9.17) is 5.26 Å². The minimum atomic E-state index is -0.528. The van der Waals surface area contributed by atoms with Crippen LogP contribution in [0.4, 0.5) is 10.1 Å². The first-order chi connectivity index (χ1) is 13.2. The van der Waals surface area contributed by atoms with E-state index in [9.17, 15) is 9.60 Å². The molecule has 1 atom stereocenters. The summed E-state index contributed by atoms with van der Waals surface area (Å²) < 4.78 is 13.4. The van der Waals surface area contributed by atoms with Crippen LogP contribution in [0.25, 0.3) is 5.70 Å². The zero-order chi connectivity index (χ0) is 18.8. The van der Waals surface area contributed by atoms with E-state index in [1.807, 2.05) is 29.2 Å². The molecule has 0 aliphatic carbocycles. The summed E-state index contributed by atoms with van der Waals surface area (Å²) in [5, 5.41) is 20.8. The molecular formula is C21H15FN4O. The molecule has 1 unspecified atom stereocenters. The lowest BCUT2D eigenvalue weighted by Crippen LogP contribution is -2.30. The topological polar surface area (TPSA) is 63.4 Å². The molecule has 1 aromatic heterocycles. The molecule has 6 heteroatoms. The van der Waals surface area contributed by atoms with Gasteiger partial charge in [-0.3, -0.25) is 10.2 Å². The van der Waals surface area contributed by atoms with E-state index in [0.29, 0.717) is 5.56 Å². The lowest BCUT2D eigenvalue weighted by Gasteiger charge is -2.32. The molecule has 0 radical (unpaired) electrons. The van der Waals surface area contributed by atoms with Crippen molar-refractivity contribution in [3.05, 3.63) is 102 Å². The van der Waals surface area contributed by atoms with Gasteiger partial charge in [0.1, 0.15) is 5.82 Å². The Kier molecular flexibility index (Phi) is 4.29. The molecule has 0 amide bonds. The summed E-state index contributed by atoms with van der Waals surface area (Å²) in [6, 6.07) is 18.9. The van der Waals surface area contributed by atoms with Crippen molar-refractivity contribution < 1.29 is 9.60 Å². The Morgan fingerprint density at radius 3 is 2.26 bits per heavy atom. The minimum Gasteiger partial charge on any atom is -0.312 e. The Morgan fingerprint density at radius 1 is 0.963 bits per heavy atom. The summed E-state index contributed by atoms with van der Waals surface area (Å²) >= 11 is 0. The van der Waals surface area contributed by atoms with Gasteiger partial charge in [0, 0.05) is 23.6 Å². The smallest absolute Gasteiger partial charge is 0.156 e. The fraction of sp³-hybridized carbons (Fsp3) is 0.0476. The number of nitrogens with zero attached hydrogens (tertiary/aromatic N) is 4. The van der Waals surface area contributed by atoms with E-state index in [1.165, 1.54) is 12.1 Å². The number of hydrogen-bond donors (Lipinski definition) is 1. The van der Waals surface area contributed by atoms with Crippen molar-refractivity contribution in [1.29, 1.82) is 5.26 Å². The van der Waals surface area contributed by atoms with Crippen LogP contribution in [-0.2, 0) is 0 Å². The Labute approximate surface area is 155 Å². The molecule has 1 N–H and O–H groups in total. The lowest BCUT2D eigenvalue weighted by atomic mass is 10.1. The van der Waals surface area contributed by atoms with Gasteiger partial charge in [0.2, 0.25) is 0 Å². The fourth-order valence-corrected chi connectivity index (χ4v) is 3.16. The molecule has 0 spiro atoms. The van der Waals surface area contributed by atoms with Crippen molar-refractivity contribution in [1.82, 2.24) is 10.0 Å². The average molecular weight is 358 g/mol. The molecule has 1 aliphatic rings. The Bertz CT molecular complexity index is 1010. The standard InChI is InChI=1S/C21H15FN4O/c22-18-7-5-16(6-8-18)20-14-25(27)21(17-3-1-15(13-23)2-4-17)26(20)19-9-11-24-12-10-19/h1-12,14,21,27H. The first kappa shape index (κ1) is 16.8. The maximum absolute atomic E-state index is 13.4. The molecule has 0 fully saturated rings. The summed E-state index contributed by atoms with van der Waals surface area (Å²) in [5.41, 5.74) is 3.66. The van der Waals surface area contributed by atoms with Gasteiger partial charge in [0.15, 0.2) is 6.17 Å². The van der Waals surface area contributed by atoms with Crippen LogP contribution in [0.1, 0.15) is 22.9 Å². The summed E-state index contributed by atoms with van der Waals surface area (Å²) in [6.07, 6.45) is 4.43. The predicted octanol–water partition coefficient (Wildman–Crippen LogP) is 4.30. The molecule has 0 saturated heterocycles. The number of aromatic nitrogens is 1. The highest BCUT2D eigenvalue weighted by atomic mass is 19.1. The maximum atomic E-state index is 13.4. The molecule has 5 nitrogen and oxygen atoms in total. The monoisotopic (exact) mass is 358 g/mol. The van der Waals surface area contributed by atoms with E-state index in [2.05, 4.69) is 11.1 Å². The van der Waals surface area contributed by atoms with E-state index >= 15 is 0 Å². The van der Waals surface area contributed by atoms with Gasteiger partial charge in [0.25, 0.3) is 0 Å². The zero-order valence-electron chi connectivity index (χ0n) is 14.2. The van der Waals surface area contributed by atoms with Crippen LogP contribution in [-0.4, -0.2) is 15.3 Å². The highest BCUT2D eigenvalue weighted by Gasteiger charge is 2.34. The lowest BCUT2D eigenvalue weighted by molar-refractivity contribution is -0.0695. The van der Waals surface area contributed by atoms with Gasteiger partial charge in [0.05, 0.1) is 23.5 Å². The molecule has 132 valence electrons. The van der Waals surface area contributed by atoms with Crippen LogP contribution in [0.5, 0.6) is 0 Å². The molecule has 3 aromatic rings. The number of hydroxylamine groups is 2. The molecule has 1 aliphatic heterocycles. The van der Waals surface area contributed by atoms with Gasteiger partial charge in [-0.15, -0.1) is 0 Å². The number of hydrogen-bond acceptors (Lipinski definition) is 5. The molecule has 2 aromatic carbocycles. The summed E-state index contributed by atoms with van der Waals surface area (Å²) in [5.74, 6) is -0.322. The summed E-state index contributed by atoms with van der Waals surface area (Å²) in [7, 11) is 0. The van der Waals surface area contributed by atoms with Crippen molar-refractivity contribution in [2.24, 2.45) is 0 Å². The van der Waals surface area contributed by atoms with Crippen LogP contribution in [0.3, 0.4) is 0 Å². The second-order valence-corrected chi connectivity index (χ2v) is 6.08. The van der Waals surface area contributed by atoms with Crippen LogP contribution >= 0.6 is 0 Å². The third-order valence-electron chi connectivity index (χ3n) is 4.43. The van der Waals surface area contributed by atoms with Gasteiger partial charge >= 0.3 is 0 Å². The molecule has 4 rings (SSSR count). The summed E-state index contributed by atoms with van der Waals surface area (Å²) in [6.45, 7) is 0. The fourth-order valence-electron chi connectivity index (χ4n) is 3.16. The van der Waals surface area contributed by atoms with Crippen molar-refractivity contribution in [2.45, 2.75) is 6.17 Å². The van der Waals surface area contributed by atoms with E-state index in [-0.39, 0.29) is 5.82 Å². The Hall–Kier alpha value is -3.69. The van der Waals surface area contributed by atoms with Crippen LogP contribution in [0.15, 0.2) is 79.3 Å². The number of rotatable bonds is 3. The first-order valence-corrected chi connectivity index (χ1v) is 8.31. The summed E-state index contributed by atoms with van der Waals surface area (Å²) in [4.78, 5) is 6.00. The second-order valence-electron chi connectivity index (χ2n) is 6.08. The highest BCUT2D eigenvalue weighted by molar-refractivity contribution is 5.82. The van der Waals surface area contributed by atoms with Crippen molar-refractivity contribution >= 4 is 11.4 Å². The number of pyridine rings is 1. The zero-order valence-corrected chi connectivity index (χ0v) is 14.2. The third-order valence-corrected chi connectivity index (χ3v) is 4.43. The molecular weight excluding hydrogens is 343 g/mol. The highest BCUT2D eigenvalue weighted by Crippen LogP contribution is 2.41. The van der Waals surface area contributed by atoms with Crippen molar-refractivity contribution in [3.8, 4) is 6.07 Å². The largest absolute Gasteiger partial charge is 0.312 e. The van der Waals surface area contributed by atoms with Crippen LogP contribution in [0, 0.1) is 17.1 Å². The minimum absolute atomic E-state index is 0.322. The van der Waals surface area contributed by atoms with Crippen molar-refractivity contribution in [3.63, 3.8) is 0 Å². The molecule has 27 heavy (non-hydrogen) atoms. The second kappa shape index (κ2) is 6.90. The SMILES string of the molecule is N#Cc1ccc(C2N(O)C=C(c3ccc(F)cc3)N2c2ccncc2)cc1. The van der Waals surface area contributed by atoms with E-state index in [1.54, 1.807) is 42.9 Å². The quantitative estimate of drug-likeness (QED) is 0.756. The number of nitriles is 1. The van der Waals surface area contributed by atoms with Gasteiger partial charge in [-0.25, -0.2) is 9.45 Å². The maximum Gasteiger partial charge on any atom is 0.156 e. The van der Waals surface area contributed by atoms with E-state index in [0.717, 1.165) is 27.6 Å². The van der Waals surface area contributed by atoms with Crippen LogP contribution in [0.2, 0.25) is 0 Å². The van der Waals surface area contributed by atoms with Gasteiger partial charge in [-0.1, -0.05) is 12.1 Å². The average Bonchev–Trinajstić information content (AvgIpc) is 3.06. The van der Waals surface area contributed by atoms with Gasteiger partial charge in [-0.05, 0) is 54.1 Å². The number of anilines is 1. The molecule has 0 saturated carbocycles. The van der Waals surface area contributed by atoms with E-state index < -0.39 is 6.17 Å². The van der Waals surface area contributed by atoms with Gasteiger partial charge in [-0.2, -0.15) is 5.26 Å². The van der Waals surface area contributed by atoms with Gasteiger partial charge < -0.3 is 4.90 Å².